The molecule has 0 aliphatic rings. The number of hydrogen-bond donors (Lipinski definition) is 1. The highest BCUT2D eigenvalue weighted by Gasteiger charge is 2.07. The van der Waals surface area contributed by atoms with Crippen molar-refractivity contribution in [2.24, 2.45) is 5.73 Å². The molecule has 0 bridgehead atoms. The van der Waals surface area contributed by atoms with Gasteiger partial charge in [0.15, 0.2) is 4.60 Å². The molecule has 0 fully saturated rings. The molecule has 1 rings (SSSR count). The fourth-order valence-corrected chi connectivity index (χ4v) is 1.30. The summed E-state index contributed by atoms with van der Waals surface area (Å²) in [6.45, 7) is 1.72. The Morgan fingerprint density at radius 3 is 3.00 bits per heavy atom. The third-order valence-electron chi connectivity index (χ3n) is 1.49. The fraction of sp³-hybridized carbons (Fsp3) is 0.667. The largest absolute Gasteiger partial charge is 0.383 e. The molecule has 1 aromatic rings. The Balaban J connectivity index is 2.70. The maximum Gasteiger partial charge on any atom is 0.152 e. The lowest BCUT2D eigenvalue weighted by atomic mass is 10.4. The van der Waals surface area contributed by atoms with Gasteiger partial charge in [-0.2, -0.15) is 0 Å². The SMILES string of the molecule is COCCn1nnc(Br)c1CN. The summed E-state index contributed by atoms with van der Waals surface area (Å²) in [5.74, 6) is 0. The van der Waals surface area contributed by atoms with Gasteiger partial charge < -0.3 is 10.5 Å². The molecule has 1 heterocycles. The van der Waals surface area contributed by atoms with Crippen molar-refractivity contribution in [3.05, 3.63) is 10.3 Å². The molecule has 0 radical (unpaired) electrons. The summed E-state index contributed by atoms with van der Waals surface area (Å²) in [4.78, 5) is 0. The Labute approximate surface area is 79.0 Å². The van der Waals surface area contributed by atoms with E-state index in [1.807, 2.05) is 0 Å². The smallest absolute Gasteiger partial charge is 0.152 e. The zero-order chi connectivity index (χ0) is 8.97. The first kappa shape index (κ1) is 9.63. The molecule has 1 aromatic heterocycles. The minimum atomic E-state index is 0.428. The number of methoxy groups -OCH3 is 1. The van der Waals surface area contributed by atoms with E-state index < -0.39 is 0 Å². The molecule has 0 unspecified atom stereocenters. The van der Waals surface area contributed by atoms with E-state index in [0.29, 0.717) is 24.3 Å². The Morgan fingerprint density at radius 2 is 2.42 bits per heavy atom. The standard InChI is InChI=1S/C6H11BrN4O/c1-12-3-2-11-5(4-8)6(7)9-10-11/h2-4,8H2,1H3. The second-order valence-electron chi connectivity index (χ2n) is 2.25. The molecular formula is C6H11BrN4O. The van der Waals surface area contributed by atoms with E-state index in [9.17, 15) is 0 Å². The van der Waals surface area contributed by atoms with Gasteiger partial charge in [0.25, 0.3) is 0 Å². The quantitative estimate of drug-likeness (QED) is 0.806. The van der Waals surface area contributed by atoms with Crippen molar-refractivity contribution < 1.29 is 4.74 Å². The van der Waals surface area contributed by atoms with Crippen LogP contribution in [-0.4, -0.2) is 28.7 Å². The Hall–Kier alpha value is -0.460. The highest BCUT2D eigenvalue weighted by molar-refractivity contribution is 9.10. The zero-order valence-electron chi connectivity index (χ0n) is 6.83. The molecule has 5 nitrogen and oxygen atoms in total. The summed E-state index contributed by atoms with van der Waals surface area (Å²) < 4.78 is 7.35. The van der Waals surface area contributed by atoms with Crippen LogP contribution in [0.5, 0.6) is 0 Å². The lowest BCUT2D eigenvalue weighted by Crippen LogP contribution is -2.12. The van der Waals surface area contributed by atoms with Crippen molar-refractivity contribution in [2.45, 2.75) is 13.1 Å². The molecule has 0 spiro atoms. The van der Waals surface area contributed by atoms with E-state index in [1.165, 1.54) is 0 Å². The molecule has 0 amide bonds. The maximum atomic E-state index is 5.50. The van der Waals surface area contributed by atoms with E-state index in [4.69, 9.17) is 10.5 Å². The van der Waals surface area contributed by atoms with Gasteiger partial charge >= 0.3 is 0 Å². The first-order valence-electron chi connectivity index (χ1n) is 3.56. The maximum absolute atomic E-state index is 5.50. The average molecular weight is 235 g/mol. The molecule has 0 aromatic carbocycles. The van der Waals surface area contributed by atoms with Crippen LogP contribution in [0.3, 0.4) is 0 Å². The summed E-state index contributed by atoms with van der Waals surface area (Å²) in [5.41, 5.74) is 6.39. The van der Waals surface area contributed by atoms with Gasteiger partial charge in [0.1, 0.15) is 0 Å². The first-order chi connectivity index (χ1) is 5.79. The van der Waals surface area contributed by atoms with Crippen LogP contribution in [0.1, 0.15) is 5.69 Å². The van der Waals surface area contributed by atoms with Crippen molar-refractivity contribution in [1.82, 2.24) is 15.0 Å². The van der Waals surface area contributed by atoms with Gasteiger partial charge in [0, 0.05) is 13.7 Å². The molecule has 12 heavy (non-hydrogen) atoms. The topological polar surface area (TPSA) is 66.0 Å². The molecule has 6 heteroatoms. The van der Waals surface area contributed by atoms with E-state index in [-0.39, 0.29) is 0 Å². The predicted molar refractivity (Wildman–Crippen MR) is 47.5 cm³/mol. The predicted octanol–water partition coefficient (Wildman–Crippen LogP) is 0.146. The molecule has 0 aliphatic carbocycles. The Kier molecular flexibility index (Phi) is 3.64. The van der Waals surface area contributed by atoms with Crippen molar-refractivity contribution in [3.63, 3.8) is 0 Å². The van der Waals surface area contributed by atoms with Crippen molar-refractivity contribution in [3.8, 4) is 0 Å². The molecule has 68 valence electrons. The van der Waals surface area contributed by atoms with Crippen molar-refractivity contribution >= 4 is 15.9 Å². The molecule has 0 aliphatic heterocycles. The van der Waals surface area contributed by atoms with Crippen LogP contribution in [0.25, 0.3) is 0 Å². The van der Waals surface area contributed by atoms with E-state index >= 15 is 0 Å². The van der Waals surface area contributed by atoms with Crippen LogP contribution in [0, 0.1) is 0 Å². The minimum absolute atomic E-state index is 0.428. The lowest BCUT2D eigenvalue weighted by Gasteiger charge is -2.02. The lowest BCUT2D eigenvalue weighted by molar-refractivity contribution is 0.182. The number of aromatic nitrogens is 3. The Morgan fingerprint density at radius 1 is 1.67 bits per heavy atom. The summed E-state index contributed by atoms with van der Waals surface area (Å²) in [7, 11) is 1.65. The number of hydrogen-bond acceptors (Lipinski definition) is 4. The van der Waals surface area contributed by atoms with Crippen molar-refractivity contribution in [1.29, 1.82) is 0 Å². The number of rotatable bonds is 4. The summed E-state index contributed by atoms with van der Waals surface area (Å²) in [6.07, 6.45) is 0. The number of halogens is 1. The molecule has 0 saturated carbocycles. The van der Waals surface area contributed by atoms with Crippen LogP contribution in [0.2, 0.25) is 0 Å². The zero-order valence-corrected chi connectivity index (χ0v) is 8.41. The monoisotopic (exact) mass is 234 g/mol. The fourth-order valence-electron chi connectivity index (χ4n) is 0.858. The normalized spacial score (nSPS) is 10.6. The summed E-state index contributed by atoms with van der Waals surface area (Å²) >= 11 is 3.25. The van der Waals surface area contributed by atoms with Crippen LogP contribution in [0.4, 0.5) is 0 Å². The Bertz CT molecular complexity index is 250. The highest BCUT2D eigenvalue weighted by atomic mass is 79.9. The van der Waals surface area contributed by atoms with Crippen LogP contribution in [-0.2, 0) is 17.8 Å². The minimum Gasteiger partial charge on any atom is -0.383 e. The third-order valence-corrected chi connectivity index (χ3v) is 2.11. The van der Waals surface area contributed by atoms with Gasteiger partial charge in [-0.15, -0.1) is 5.10 Å². The first-order valence-corrected chi connectivity index (χ1v) is 4.35. The molecular weight excluding hydrogens is 224 g/mol. The van der Waals surface area contributed by atoms with Gasteiger partial charge in [-0.1, -0.05) is 5.21 Å². The number of ether oxygens (including phenoxy) is 1. The van der Waals surface area contributed by atoms with Crippen LogP contribution in [0.15, 0.2) is 4.60 Å². The van der Waals surface area contributed by atoms with Gasteiger partial charge in [-0.25, -0.2) is 4.68 Å². The summed E-state index contributed by atoms with van der Waals surface area (Å²) in [6, 6.07) is 0. The van der Waals surface area contributed by atoms with Crippen LogP contribution < -0.4 is 5.73 Å². The van der Waals surface area contributed by atoms with Gasteiger partial charge in [0.05, 0.1) is 18.8 Å². The van der Waals surface area contributed by atoms with Gasteiger partial charge in [0.2, 0.25) is 0 Å². The van der Waals surface area contributed by atoms with E-state index in [0.717, 1.165) is 5.69 Å². The third kappa shape index (κ3) is 2.02. The average Bonchev–Trinajstić information content (AvgIpc) is 2.43. The summed E-state index contributed by atoms with van der Waals surface area (Å²) in [5, 5.41) is 7.72. The van der Waals surface area contributed by atoms with Gasteiger partial charge in [-0.05, 0) is 15.9 Å². The second-order valence-corrected chi connectivity index (χ2v) is 3.00. The van der Waals surface area contributed by atoms with Gasteiger partial charge in [-0.3, -0.25) is 0 Å². The van der Waals surface area contributed by atoms with E-state index in [1.54, 1.807) is 11.8 Å². The number of nitrogens with two attached hydrogens (primary N) is 1. The molecule has 0 atom stereocenters. The van der Waals surface area contributed by atoms with Crippen LogP contribution >= 0.6 is 15.9 Å². The van der Waals surface area contributed by atoms with E-state index in [2.05, 4.69) is 26.2 Å². The van der Waals surface area contributed by atoms with Crippen molar-refractivity contribution in [2.75, 3.05) is 13.7 Å². The number of nitrogens with zero attached hydrogens (tertiary/aromatic N) is 3. The molecule has 2 N–H and O–H groups in total. The molecule has 0 saturated heterocycles. The second kappa shape index (κ2) is 4.54. The highest BCUT2D eigenvalue weighted by Crippen LogP contribution is 2.11.